The number of amides is 2. The highest BCUT2D eigenvalue weighted by Gasteiger charge is 2.46. The molecule has 1 fully saturated rings. The first-order valence-corrected chi connectivity index (χ1v) is 10.1. The summed E-state index contributed by atoms with van der Waals surface area (Å²) in [6, 6.07) is 10.4. The molecule has 1 atom stereocenters. The number of benzene rings is 1. The number of carbonyl (C=O) groups excluding carboxylic acids is 2. The van der Waals surface area contributed by atoms with Crippen LogP contribution in [0.15, 0.2) is 34.7 Å². The van der Waals surface area contributed by atoms with Gasteiger partial charge in [-0.1, -0.05) is 24.3 Å². The third-order valence-electron chi connectivity index (χ3n) is 6.60. The molecular formula is C23H28N2O3. The van der Waals surface area contributed by atoms with Crippen LogP contribution in [0.25, 0.3) is 0 Å². The predicted molar refractivity (Wildman–Crippen MR) is 107 cm³/mol. The summed E-state index contributed by atoms with van der Waals surface area (Å²) in [4.78, 5) is 26.9. The molecule has 4 rings (SSSR count). The van der Waals surface area contributed by atoms with Crippen molar-refractivity contribution in [3.8, 4) is 0 Å². The van der Waals surface area contributed by atoms with E-state index >= 15 is 0 Å². The molecule has 0 radical (unpaired) electrons. The Morgan fingerprint density at radius 1 is 1.21 bits per heavy atom. The average molecular weight is 380 g/mol. The highest BCUT2D eigenvalue weighted by atomic mass is 16.3. The molecule has 0 unspecified atom stereocenters. The summed E-state index contributed by atoms with van der Waals surface area (Å²) < 4.78 is 5.54. The van der Waals surface area contributed by atoms with Crippen molar-refractivity contribution in [2.75, 3.05) is 20.1 Å². The Morgan fingerprint density at radius 3 is 2.57 bits per heavy atom. The molecule has 2 heterocycles. The Bertz CT molecular complexity index is 906. The van der Waals surface area contributed by atoms with Crippen LogP contribution in [-0.4, -0.2) is 36.9 Å². The van der Waals surface area contributed by atoms with Crippen molar-refractivity contribution in [2.45, 2.75) is 50.9 Å². The lowest BCUT2D eigenvalue weighted by Crippen LogP contribution is -2.44. The third kappa shape index (κ3) is 3.13. The number of nitrogens with one attached hydrogen (secondary N) is 1. The van der Waals surface area contributed by atoms with Gasteiger partial charge in [0.25, 0.3) is 5.91 Å². The summed E-state index contributed by atoms with van der Waals surface area (Å²) in [6.07, 6.45) is 3.41. The normalized spacial score (nSPS) is 20.2. The Labute approximate surface area is 166 Å². The van der Waals surface area contributed by atoms with Gasteiger partial charge in [0.15, 0.2) is 0 Å². The first-order valence-electron chi connectivity index (χ1n) is 10.1. The molecule has 5 heteroatoms. The second kappa shape index (κ2) is 7.12. The Balaban J connectivity index is 1.53. The molecule has 1 N–H and O–H groups in total. The highest BCUT2D eigenvalue weighted by molar-refractivity contribution is 5.95. The fourth-order valence-corrected chi connectivity index (χ4v) is 5.16. The summed E-state index contributed by atoms with van der Waals surface area (Å²) >= 11 is 0. The van der Waals surface area contributed by atoms with Gasteiger partial charge in [0.2, 0.25) is 5.91 Å². The van der Waals surface area contributed by atoms with E-state index in [1.54, 1.807) is 7.05 Å². The third-order valence-corrected chi connectivity index (χ3v) is 6.60. The van der Waals surface area contributed by atoms with Crippen LogP contribution in [0.1, 0.15) is 64.6 Å². The van der Waals surface area contributed by atoms with Gasteiger partial charge in [0.05, 0.1) is 5.56 Å². The molecule has 1 aliphatic carbocycles. The minimum Gasteiger partial charge on any atom is -0.466 e. The van der Waals surface area contributed by atoms with Crippen LogP contribution in [0, 0.1) is 13.8 Å². The molecule has 5 nitrogen and oxygen atoms in total. The van der Waals surface area contributed by atoms with E-state index < -0.39 is 0 Å². The predicted octanol–water partition coefficient (Wildman–Crippen LogP) is 3.69. The summed E-state index contributed by atoms with van der Waals surface area (Å²) in [5, 5.41) is 2.76. The molecule has 1 aromatic carbocycles. The van der Waals surface area contributed by atoms with E-state index in [0.29, 0.717) is 17.7 Å². The first-order chi connectivity index (χ1) is 13.4. The summed E-state index contributed by atoms with van der Waals surface area (Å²) in [5.41, 5.74) is 3.45. The van der Waals surface area contributed by atoms with E-state index in [4.69, 9.17) is 4.42 Å². The zero-order valence-corrected chi connectivity index (χ0v) is 16.9. The SMILES string of the molecule is CNC(=O)C[C@@H]1CC2(CCN(C(=O)c3cc(C)oc3C)CC2)c2ccccc21. The zero-order chi connectivity index (χ0) is 19.9. The largest absolute Gasteiger partial charge is 0.466 e. The Kier molecular flexibility index (Phi) is 4.77. The van der Waals surface area contributed by atoms with E-state index in [2.05, 4.69) is 29.6 Å². The van der Waals surface area contributed by atoms with Crippen LogP contribution in [-0.2, 0) is 10.2 Å². The lowest BCUT2D eigenvalue weighted by Gasteiger charge is -2.40. The molecule has 148 valence electrons. The summed E-state index contributed by atoms with van der Waals surface area (Å²) in [5.74, 6) is 1.89. The van der Waals surface area contributed by atoms with Crippen LogP contribution in [0.3, 0.4) is 0 Å². The van der Waals surface area contributed by atoms with Crippen LogP contribution in [0.2, 0.25) is 0 Å². The molecule has 1 aliphatic heterocycles. The number of hydrogen-bond acceptors (Lipinski definition) is 3. The van der Waals surface area contributed by atoms with Crippen LogP contribution in [0.5, 0.6) is 0 Å². The number of hydrogen-bond donors (Lipinski definition) is 1. The second-order valence-electron chi connectivity index (χ2n) is 8.27. The number of nitrogens with zero attached hydrogens (tertiary/aromatic N) is 1. The van der Waals surface area contributed by atoms with Crippen LogP contribution >= 0.6 is 0 Å². The smallest absolute Gasteiger partial charge is 0.257 e. The standard InChI is InChI=1S/C23H28N2O3/c1-15-12-19(16(2)28-15)22(27)25-10-8-23(9-11-25)14-17(13-21(26)24-3)18-6-4-5-7-20(18)23/h4-7,12,17H,8-11,13-14H2,1-3H3,(H,24,26)/t17-/m1/s1. The van der Waals surface area contributed by atoms with Gasteiger partial charge in [0, 0.05) is 26.6 Å². The van der Waals surface area contributed by atoms with Crippen LogP contribution < -0.4 is 5.32 Å². The number of furan rings is 1. The van der Waals surface area contributed by atoms with E-state index in [-0.39, 0.29) is 23.1 Å². The molecule has 2 amide bonds. The molecule has 0 saturated carbocycles. The number of rotatable bonds is 3. The van der Waals surface area contributed by atoms with E-state index in [1.165, 1.54) is 11.1 Å². The molecule has 1 spiro atoms. The minimum absolute atomic E-state index is 0.0670. The maximum absolute atomic E-state index is 12.9. The summed E-state index contributed by atoms with van der Waals surface area (Å²) in [6.45, 7) is 5.20. The van der Waals surface area contributed by atoms with Gasteiger partial charge in [-0.05, 0) is 61.6 Å². The van der Waals surface area contributed by atoms with Crippen molar-refractivity contribution in [3.05, 3.63) is 58.5 Å². The zero-order valence-electron chi connectivity index (χ0n) is 16.9. The van der Waals surface area contributed by atoms with Crippen molar-refractivity contribution in [1.82, 2.24) is 10.2 Å². The van der Waals surface area contributed by atoms with Gasteiger partial charge in [-0.15, -0.1) is 0 Å². The quantitative estimate of drug-likeness (QED) is 0.883. The Hall–Kier alpha value is -2.56. The van der Waals surface area contributed by atoms with Gasteiger partial charge < -0.3 is 14.6 Å². The van der Waals surface area contributed by atoms with E-state index in [1.807, 2.05) is 24.8 Å². The maximum Gasteiger partial charge on any atom is 0.257 e. The van der Waals surface area contributed by atoms with Crippen molar-refractivity contribution >= 4 is 11.8 Å². The van der Waals surface area contributed by atoms with Gasteiger partial charge in [-0.2, -0.15) is 0 Å². The molecule has 28 heavy (non-hydrogen) atoms. The topological polar surface area (TPSA) is 62.6 Å². The lowest BCUT2D eigenvalue weighted by atomic mass is 9.73. The van der Waals surface area contributed by atoms with Crippen molar-refractivity contribution in [3.63, 3.8) is 0 Å². The molecule has 1 aromatic heterocycles. The molecular weight excluding hydrogens is 352 g/mol. The molecule has 0 bridgehead atoms. The number of carbonyl (C=O) groups is 2. The second-order valence-corrected chi connectivity index (χ2v) is 8.27. The number of likely N-dealkylation sites (tertiary alicyclic amines) is 1. The lowest BCUT2D eigenvalue weighted by molar-refractivity contribution is -0.121. The van der Waals surface area contributed by atoms with Crippen LogP contribution in [0.4, 0.5) is 0 Å². The Morgan fingerprint density at radius 2 is 1.93 bits per heavy atom. The fourth-order valence-electron chi connectivity index (χ4n) is 5.16. The van der Waals surface area contributed by atoms with E-state index in [0.717, 1.165) is 38.1 Å². The van der Waals surface area contributed by atoms with E-state index in [9.17, 15) is 9.59 Å². The van der Waals surface area contributed by atoms with Gasteiger partial charge >= 0.3 is 0 Å². The van der Waals surface area contributed by atoms with Gasteiger partial charge in [-0.3, -0.25) is 9.59 Å². The summed E-state index contributed by atoms with van der Waals surface area (Å²) in [7, 11) is 1.70. The number of aryl methyl sites for hydroxylation is 2. The molecule has 1 saturated heterocycles. The van der Waals surface area contributed by atoms with Gasteiger partial charge in [-0.25, -0.2) is 0 Å². The van der Waals surface area contributed by atoms with Crippen molar-refractivity contribution < 1.29 is 14.0 Å². The minimum atomic E-state index is 0.0670. The number of piperidine rings is 1. The van der Waals surface area contributed by atoms with Crippen molar-refractivity contribution in [1.29, 1.82) is 0 Å². The highest BCUT2D eigenvalue weighted by Crippen LogP contribution is 2.52. The maximum atomic E-state index is 12.9. The molecule has 2 aromatic rings. The van der Waals surface area contributed by atoms with Crippen molar-refractivity contribution in [2.24, 2.45) is 0 Å². The van der Waals surface area contributed by atoms with Gasteiger partial charge in [0.1, 0.15) is 11.5 Å². The first kappa shape index (κ1) is 18.8. The molecule has 2 aliphatic rings. The average Bonchev–Trinajstić information content (AvgIpc) is 3.19. The monoisotopic (exact) mass is 380 g/mol. The fraction of sp³-hybridized carbons (Fsp3) is 0.478. The number of fused-ring (bicyclic) bond motifs is 2.